The van der Waals surface area contributed by atoms with Crippen LogP contribution >= 0.6 is 0 Å². The van der Waals surface area contributed by atoms with Crippen LogP contribution in [-0.2, 0) is 18.3 Å². The zero-order valence-corrected chi connectivity index (χ0v) is 11.1. The van der Waals surface area contributed by atoms with Gasteiger partial charge in [-0.3, -0.25) is 4.79 Å². The Morgan fingerprint density at radius 1 is 1.47 bits per heavy atom. The van der Waals surface area contributed by atoms with Crippen LogP contribution in [0.25, 0.3) is 10.9 Å². The van der Waals surface area contributed by atoms with Gasteiger partial charge in [0.1, 0.15) is 5.75 Å². The third kappa shape index (κ3) is 1.70. The normalized spacial score (nSPS) is 18.3. The van der Waals surface area contributed by atoms with Gasteiger partial charge in [0.2, 0.25) is 0 Å². The number of nitrogens with zero attached hydrogens (tertiary/aromatic N) is 1. The maximum Gasteiger partial charge on any atom is 0.311 e. The summed E-state index contributed by atoms with van der Waals surface area (Å²) in [5.74, 6) is -0.341. The van der Waals surface area contributed by atoms with Crippen molar-refractivity contribution < 1.29 is 14.6 Å². The number of methoxy groups -OCH3 is 1. The number of aliphatic carboxylic acids is 1. The van der Waals surface area contributed by atoms with Gasteiger partial charge in [0, 0.05) is 23.6 Å². The van der Waals surface area contributed by atoms with Crippen LogP contribution in [0.2, 0.25) is 0 Å². The number of carbonyl (C=O) groups is 1. The molecule has 4 heteroatoms. The Balaban J connectivity index is 2.32. The molecule has 1 N–H and O–H groups in total. The van der Waals surface area contributed by atoms with Gasteiger partial charge in [-0.05, 0) is 43.0 Å². The van der Waals surface area contributed by atoms with E-state index in [1.54, 1.807) is 7.11 Å². The molecule has 1 unspecified atom stereocenters. The maximum absolute atomic E-state index is 11.5. The standard InChI is InChI=1S/C15H17NO3/c1-16-12-7-6-9(19-2)8-11(12)14-10(15(17)18)4-3-5-13(14)16/h6-8,10H,3-5H2,1-2H3,(H,17,18). The first-order chi connectivity index (χ1) is 9.13. The maximum atomic E-state index is 11.5. The second-order valence-electron chi connectivity index (χ2n) is 5.09. The molecule has 0 saturated heterocycles. The molecule has 2 aromatic rings. The Morgan fingerprint density at radius 2 is 2.26 bits per heavy atom. The highest BCUT2D eigenvalue weighted by Gasteiger charge is 2.31. The SMILES string of the molecule is COc1ccc2c(c1)c1c(n2C)CCCC1C(=O)O. The van der Waals surface area contributed by atoms with Crippen molar-refractivity contribution in [2.75, 3.05) is 7.11 Å². The summed E-state index contributed by atoms with van der Waals surface area (Å²) in [5, 5.41) is 10.5. The number of hydrogen-bond donors (Lipinski definition) is 1. The molecule has 0 spiro atoms. The summed E-state index contributed by atoms with van der Waals surface area (Å²) in [5.41, 5.74) is 3.22. The summed E-state index contributed by atoms with van der Waals surface area (Å²) in [6.45, 7) is 0. The fourth-order valence-corrected chi connectivity index (χ4v) is 3.19. The van der Waals surface area contributed by atoms with E-state index >= 15 is 0 Å². The molecule has 0 fully saturated rings. The summed E-state index contributed by atoms with van der Waals surface area (Å²) in [6.07, 6.45) is 2.61. The molecular formula is C15H17NO3. The van der Waals surface area contributed by atoms with Crippen LogP contribution in [0, 0.1) is 0 Å². The Hall–Kier alpha value is -1.97. The highest BCUT2D eigenvalue weighted by atomic mass is 16.5. The lowest BCUT2D eigenvalue weighted by Crippen LogP contribution is -2.18. The number of fused-ring (bicyclic) bond motifs is 3. The lowest BCUT2D eigenvalue weighted by molar-refractivity contribution is -0.139. The first-order valence-corrected chi connectivity index (χ1v) is 6.51. The van der Waals surface area contributed by atoms with Gasteiger partial charge in [0.15, 0.2) is 0 Å². The van der Waals surface area contributed by atoms with E-state index in [1.807, 2.05) is 25.2 Å². The number of carboxylic acid groups (broad SMARTS) is 1. The molecule has 19 heavy (non-hydrogen) atoms. The van der Waals surface area contributed by atoms with Gasteiger partial charge in [-0.15, -0.1) is 0 Å². The van der Waals surface area contributed by atoms with E-state index < -0.39 is 5.97 Å². The van der Waals surface area contributed by atoms with Gasteiger partial charge in [-0.1, -0.05) is 0 Å². The molecule has 0 bridgehead atoms. The topological polar surface area (TPSA) is 51.5 Å². The van der Waals surface area contributed by atoms with Crippen LogP contribution in [-0.4, -0.2) is 22.8 Å². The third-order valence-electron chi connectivity index (χ3n) is 4.12. The molecule has 100 valence electrons. The van der Waals surface area contributed by atoms with Crippen LogP contribution in [0.1, 0.15) is 30.0 Å². The quantitative estimate of drug-likeness (QED) is 0.902. The van der Waals surface area contributed by atoms with Crippen molar-refractivity contribution in [3.05, 3.63) is 29.5 Å². The molecule has 0 amide bonds. The Bertz CT molecular complexity index is 657. The molecule has 1 heterocycles. The van der Waals surface area contributed by atoms with Crippen molar-refractivity contribution in [1.29, 1.82) is 0 Å². The van der Waals surface area contributed by atoms with Gasteiger partial charge in [0.05, 0.1) is 13.0 Å². The minimum Gasteiger partial charge on any atom is -0.497 e. The average molecular weight is 259 g/mol. The summed E-state index contributed by atoms with van der Waals surface area (Å²) < 4.78 is 7.39. The van der Waals surface area contributed by atoms with Gasteiger partial charge < -0.3 is 14.4 Å². The molecule has 1 aliphatic carbocycles. The van der Waals surface area contributed by atoms with Gasteiger partial charge in [0.25, 0.3) is 0 Å². The third-order valence-corrected chi connectivity index (χ3v) is 4.12. The first kappa shape index (κ1) is 12.1. The molecule has 1 aliphatic rings. The van der Waals surface area contributed by atoms with Crippen molar-refractivity contribution in [3.63, 3.8) is 0 Å². The first-order valence-electron chi connectivity index (χ1n) is 6.51. The number of carboxylic acids is 1. The predicted octanol–water partition coefficient (Wildman–Crippen LogP) is 2.69. The number of benzene rings is 1. The minimum atomic E-state index is -0.726. The van der Waals surface area contributed by atoms with Gasteiger partial charge >= 0.3 is 5.97 Å². The summed E-state index contributed by atoms with van der Waals surface area (Å²) in [6, 6.07) is 5.88. The Labute approximate surface area is 111 Å². The second kappa shape index (κ2) is 4.30. The van der Waals surface area contributed by atoms with Crippen molar-refractivity contribution in [3.8, 4) is 5.75 Å². The summed E-state index contributed by atoms with van der Waals surface area (Å²) >= 11 is 0. The fourth-order valence-electron chi connectivity index (χ4n) is 3.19. The molecule has 0 saturated carbocycles. The van der Waals surface area contributed by atoms with Crippen LogP contribution in [0.4, 0.5) is 0 Å². The largest absolute Gasteiger partial charge is 0.497 e. The molecule has 4 nitrogen and oxygen atoms in total. The highest BCUT2D eigenvalue weighted by molar-refractivity contribution is 5.92. The number of rotatable bonds is 2. The van der Waals surface area contributed by atoms with Gasteiger partial charge in [-0.2, -0.15) is 0 Å². The molecule has 1 aromatic heterocycles. The van der Waals surface area contributed by atoms with Crippen molar-refractivity contribution in [2.24, 2.45) is 7.05 Å². The molecular weight excluding hydrogens is 242 g/mol. The van der Waals surface area contributed by atoms with E-state index in [4.69, 9.17) is 4.74 Å². The summed E-state index contributed by atoms with van der Waals surface area (Å²) in [4.78, 5) is 11.5. The zero-order chi connectivity index (χ0) is 13.6. The monoisotopic (exact) mass is 259 g/mol. The van der Waals surface area contributed by atoms with Crippen LogP contribution < -0.4 is 4.74 Å². The molecule has 1 aromatic carbocycles. The Morgan fingerprint density at radius 3 is 2.95 bits per heavy atom. The predicted molar refractivity (Wildman–Crippen MR) is 72.8 cm³/mol. The molecule has 3 rings (SSSR count). The number of hydrogen-bond acceptors (Lipinski definition) is 2. The average Bonchev–Trinajstić information content (AvgIpc) is 2.72. The molecule has 1 atom stereocenters. The van der Waals surface area contributed by atoms with Crippen molar-refractivity contribution >= 4 is 16.9 Å². The van der Waals surface area contributed by atoms with Crippen molar-refractivity contribution in [1.82, 2.24) is 4.57 Å². The lowest BCUT2D eigenvalue weighted by Gasteiger charge is -2.20. The smallest absolute Gasteiger partial charge is 0.311 e. The van der Waals surface area contributed by atoms with E-state index in [-0.39, 0.29) is 5.92 Å². The zero-order valence-electron chi connectivity index (χ0n) is 11.1. The molecule has 0 aliphatic heterocycles. The van der Waals surface area contributed by atoms with Gasteiger partial charge in [-0.25, -0.2) is 0 Å². The van der Waals surface area contributed by atoms with Crippen LogP contribution in [0.5, 0.6) is 5.75 Å². The number of aromatic nitrogens is 1. The van der Waals surface area contributed by atoms with E-state index in [0.29, 0.717) is 0 Å². The van der Waals surface area contributed by atoms with E-state index in [2.05, 4.69) is 4.57 Å². The summed E-state index contributed by atoms with van der Waals surface area (Å²) in [7, 11) is 3.64. The Kier molecular flexibility index (Phi) is 2.73. The van der Waals surface area contributed by atoms with Crippen LogP contribution in [0.3, 0.4) is 0 Å². The van der Waals surface area contributed by atoms with E-state index in [1.165, 1.54) is 0 Å². The number of ether oxygens (including phenoxy) is 1. The van der Waals surface area contributed by atoms with E-state index in [9.17, 15) is 9.90 Å². The highest BCUT2D eigenvalue weighted by Crippen LogP contribution is 2.39. The lowest BCUT2D eigenvalue weighted by atomic mass is 9.85. The second-order valence-corrected chi connectivity index (χ2v) is 5.09. The number of aryl methyl sites for hydroxylation is 1. The molecule has 0 radical (unpaired) electrons. The fraction of sp³-hybridized carbons (Fsp3) is 0.400. The minimum absolute atomic E-state index is 0.389. The van der Waals surface area contributed by atoms with Crippen LogP contribution in [0.15, 0.2) is 18.2 Å². The van der Waals surface area contributed by atoms with Crippen molar-refractivity contribution in [2.45, 2.75) is 25.2 Å². The van der Waals surface area contributed by atoms with E-state index in [0.717, 1.165) is 47.2 Å².